The SMILES string of the molecule is c1ccc(C2N=C(c3ccc4c(ccc5ccccc54)c3)N=C(c3ccc(-c4ccc5c(c4)oc4ccc6ccccc6c45)c4oc5ccccc5c34)N2)cc1. The van der Waals surface area contributed by atoms with Crippen molar-refractivity contribution >= 4 is 87.9 Å². The van der Waals surface area contributed by atoms with Gasteiger partial charge in [-0.15, -0.1) is 0 Å². The van der Waals surface area contributed by atoms with Gasteiger partial charge in [0.1, 0.15) is 34.3 Å². The van der Waals surface area contributed by atoms with Crippen molar-refractivity contribution in [3.63, 3.8) is 0 Å². The van der Waals surface area contributed by atoms with Crippen LogP contribution in [-0.2, 0) is 0 Å². The average Bonchev–Trinajstić information content (AvgIpc) is 3.85. The lowest BCUT2D eigenvalue weighted by molar-refractivity contribution is 0.667. The highest BCUT2D eigenvalue weighted by molar-refractivity contribution is 6.24. The highest BCUT2D eigenvalue weighted by Crippen LogP contribution is 2.42. The van der Waals surface area contributed by atoms with Crippen molar-refractivity contribution in [2.24, 2.45) is 9.98 Å². The number of fused-ring (bicyclic) bond motifs is 11. The van der Waals surface area contributed by atoms with E-state index in [0.29, 0.717) is 5.84 Å². The van der Waals surface area contributed by atoms with E-state index < -0.39 is 0 Å². The number of para-hydroxylation sites is 1. The first kappa shape index (κ1) is 30.9. The molecule has 11 aromatic rings. The second-order valence-electron chi connectivity index (χ2n) is 14.5. The topological polar surface area (TPSA) is 63.0 Å². The molecule has 0 bridgehead atoms. The molecule has 1 N–H and O–H groups in total. The first-order chi connectivity index (χ1) is 27.7. The maximum Gasteiger partial charge on any atom is 0.159 e. The van der Waals surface area contributed by atoms with Gasteiger partial charge < -0.3 is 14.2 Å². The Labute approximate surface area is 320 Å². The van der Waals surface area contributed by atoms with E-state index in [9.17, 15) is 0 Å². The number of rotatable bonds is 4. The Morgan fingerprint density at radius 2 is 1.09 bits per heavy atom. The van der Waals surface area contributed by atoms with E-state index in [0.717, 1.165) is 82.9 Å². The van der Waals surface area contributed by atoms with Crippen LogP contribution in [0.5, 0.6) is 0 Å². The van der Waals surface area contributed by atoms with Gasteiger partial charge in [0.05, 0.1) is 0 Å². The Morgan fingerprint density at radius 3 is 1.98 bits per heavy atom. The average molecular weight is 718 g/mol. The zero-order valence-electron chi connectivity index (χ0n) is 30.0. The van der Waals surface area contributed by atoms with E-state index in [1.165, 1.54) is 26.9 Å². The smallest absolute Gasteiger partial charge is 0.159 e. The van der Waals surface area contributed by atoms with Crippen molar-refractivity contribution < 1.29 is 8.83 Å². The van der Waals surface area contributed by atoms with Crippen LogP contribution in [-0.4, -0.2) is 11.7 Å². The number of nitrogens with one attached hydrogen (secondary N) is 1. The van der Waals surface area contributed by atoms with Gasteiger partial charge in [-0.3, -0.25) is 0 Å². The number of hydrogen-bond donors (Lipinski definition) is 1. The quantitative estimate of drug-likeness (QED) is 0.184. The molecule has 5 heteroatoms. The van der Waals surface area contributed by atoms with Gasteiger partial charge in [0.2, 0.25) is 0 Å². The van der Waals surface area contributed by atoms with Crippen molar-refractivity contribution in [2.75, 3.05) is 0 Å². The second-order valence-corrected chi connectivity index (χ2v) is 14.5. The van der Waals surface area contributed by atoms with Crippen molar-refractivity contribution in [1.29, 1.82) is 0 Å². The predicted molar refractivity (Wildman–Crippen MR) is 231 cm³/mol. The molecular weight excluding hydrogens is 687 g/mol. The minimum absolute atomic E-state index is 0.342. The molecule has 0 fully saturated rings. The summed E-state index contributed by atoms with van der Waals surface area (Å²) in [6, 6.07) is 61.5. The summed E-state index contributed by atoms with van der Waals surface area (Å²) in [4.78, 5) is 10.5. The van der Waals surface area contributed by atoms with Crippen molar-refractivity contribution in [3.05, 3.63) is 193 Å². The normalized spacial score (nSPS) is 14.6. The molecule has 0 saturated carbocycles. The van der Waals surface area contributed by atoms with E-state index in [-0.39, 0.29) is 6.17 Å². The first-order valence-corrected chi connectivity index (χ1v) is 18.9. The first-order valence-electron chi connectivity index (χ1n) is 18.9. The molecule has 2 aromatic heterocycles. The van der Waals surface area contributed by atoms with Crippen molar-refractivity contribution in [2.45, 2.75) is 6.17 Å². The van der Waals surface area contributed by atoms with E-state index in [2.05, 4.69) is 163 Å². The summed E-state index contributed by atoms with van der Waals surface area (Å²) in [7, 11) is 0. The van der Waals surface area contributed by atoms with Crippen LogP contribution in [0, 0.1) is 0 Å². The standard InChI is InChI=1S/C51H31N3O2/c1-2-12-32(13-3-1)49-52-50(35-21-23-37-33(28-35)19-18-30-10-4-6-14-36(30)37)54-51(53-49)42-26-25-39(48-47(42)40-16-8-9-17-43(40)56-48)34-20-24-41-45(29-34)55-44-27-22-31-11-5-7-15-38(31)46(41)44/h1-29,49H,(H,52,53,54). The molecule has 0 amide bonds. The fourth-order valence-electron chi connectivity index (χ4n) is 8.64. The highest BCUT2D eigenvalue weighted by Gasteiger charge is 2.26. The lowest BCUT2D eigenvalue weighted by Crippen LogP contribution is -2.33. The summed E-state index contributed by atoms with van der Waals surface area (Å²) in [5.74, 6) is 1.42. The fraction of sp³-hybridized carbons (Fsp3) is 0.0196. The largest absolute Gasteiger partial charge is 0.456 e. The summed E-state index contributed by atoms with van der Waals surface area (Å²) < 4.78 is 13.3. The van der Waals surface area contributed by atoms with Crippen LogP contribution in [0.3, 0.4) is 0 Å². The van der Waals surface area contributed by atoms with Crippen LogP contribution >= 0.6 is 0 Å². The highest BCUT2D eigenvalue weighted by atomic mass is 16.3. The van der Waals surface area contributed by atoms with Gasteiger partial charge in [0.15, 0.2) is 5.84 Å². The summed E-state index contributed by atoms with van der Waals surface area (Å²) in [5.41, 5.74) is 8.31. The Hall–Kier alpha value is -7.50. The van der Waals surface area contributed by atoms with E-state index in [1.54, 1.807) is 0 Å². The van der Waals surface area contributed by atoms with Crippen LogP contribution in [0.4, 0.5) is 0 Å². The van der Waals surface area contributed by atoms with Gasteiger partial charge in [-0.25, -0.2) is 9.98 Å². The zero-order chi connectivity index (χ0) is 36.7. The minimum Gasteiger partial charge on any atom is -0.456 e. The summed E-state index contributed by atoms with van der Waals surface area (Å²) in [5, 5.41) is 15.2. The summed E-state index contributed by atoms with van der Waals surface area (Å²) >= 11 is 0. The molecule has 1 aliphatic heterocycles. The molecule has 12 rings (SSSR count). The van der Waals surface area contributed by atoms with E-state index >= 15 is 0 Å². The van der Waals surface area contributed by atoms with Gasteiger partial charge in [-0.05, 0) is 85.9 Å². The van der Waals surface area contributed by atoms with Crippen molar-refractivity contribution in [3.8, 4) is 11.1 Å². The van der Waals surface area contributed by atoms with Crippen LogP contribution in [0.2, 0.25) is 0 Å². The molecule has 1 unspecified atom stereocenters. The molecule has 0 saturated heterocycles. The number of amidine groups is 2. The summed E-state index contributed by atoms with van der Waals surface area (Å²) in [6.45, 7) is 0. The Morgan fingerprint density at radius 1 is 0.429 bits per heavy atom. The van der Waals surface area contributed by atoms with Crippen molar-refractivity contribution in [1.82, 2.24) is 5.32 Å². The molecule has 3 heterocycles. The molecule has 56 heavy (non-hydrogen) atoms. The predicted octanol–water partition coefficient (Wildman–Crippen LogP) is 13.1. The van der Waals surface area contributed by atoms with Gasteiger partial charge in [0, 0.05) is 38.2 Å². The van der Waals surface area contributed by atoms with Gasteiger partial charge in [-0.2, -0.15) is 0 Å². The number of aliphatic imine (C=N–C) groups is 2. The Balaban J connectivity index is 1.04. The van der Waals surface area contributed by atoms with Crippen LogP contribution in [0.15, 0.2) is 195 Å². The molecule has 9 aromatic carbocycles. The molecular formula is C51H31N3O2. The monoisotopic (exact) mass is 717 g/mol. The third-order valence-corrected chi connectivity index (χ3v) is 11.3. The minimum atomic E-state index is -0.342. The third-order valence-electron chi connectivity index (χ3n) is 11.3. The number of furan rings is 2. The van der Waals surface area contributed by atoms with Gasteiger partial charge in [0.25, 0.3) is 0 Å². The van der Waals surface area contributed by atoms with Crippen LogP contribution < -0.4 is 5.32 Å². The molecule has 1 atom stereocenters. The summed E-state index contributed by atoms with van der Waals surface area (Å²) in [6.07, 6.45) is -0.342. The van der Waals surface area contributed by atoms with E-state index in [4.69, 9.17) is 18.8 Å². The van der Waals surface area contributed by atoms with E-state index in [1.807, 2.05) is 18.2 Å². The molecule has 1 aliphatic rings. The molecule has 5 nitrogen and oxygen atoms in total. The number of benzene rings is 9. The maximum atomic E-state index is 6.76. The lowest BCUT2D eigenvalue weighted by atomic mass is 9.96. The fourth-order valence-corrected chi connectivity index (χ4v) is 8.64. The van der Waals surface area contributed by atoms with Gasteiger partial charge in [-0.1, -0.05) is 133 Å². The lowest BCUT2D eigenvalue weighted by Gasteiger charge is -2.24. The Kier molecular flexibility index (Phi) is 6.63. The number of nitrogens with zero attached hydrogens (tertiary/aromatic N) is 2. The van der Waals surface area contributed by atoms with Gasteiger partial charge >= 0.3 is 0 Å². The second kappa shape index (κ2) is 12.0. The third kappa shape index (κ3) is 4.74. The zero-order valence-corrected chi connectivity index (χ0v) is 30.0. The Bertz CT molecular complexity index is 3460. The number of hydrogen-bond acceptors (Lipinski definition) is 5. The van der Waals surface area contributed by atoms with Crippen LogP contribution in [0.25, 0.3) is 87.3 Å². The molecule has 262 valence electrons. The van der Waals surface area contributed by atoms with Crippen LogP contribution in [0.1, 0.15) is 22.9 Å². The molecule has 0 aliphatic carbocycles. The molecule has 0 radical (unpaired) electrons. The molecule has 0 spiro atoms. The maximum absolute atomic E-state index is 6.76.